The van der Waals surface area contributed by atoms with Crippen LogP contribution < -0.4 is 4.74 Å². The van der Waals surface area contributed by atoms with Gasteiger partial charge in [0.25, 0.3) is 0 Å². The molecule has 3 aromatic heterocycles. The second kappa shape index (κ2) is 5.65. The summed E-state index contributed by atoms with van der Waals surface area (Å²) in [6, 6.07) is 3.65. The molecule has 6 nitrogen and oxygen atoms in total. The Morgan fingerprint density at radius 3 is 2.71 bits per heavy atom. The molecule has 0 aliphatic heterocycles. The van der Waals surface area contributed by atoms with Crippen molar-refractivity contribution < 1.29 is 4.74 Å². The maximum absolute atomic E-state index is 5.99. The Labute approximate surface area is 126 Å². The molecule has 0 unspecified atom stereocenters. The zero-order valence-corrected chi connectivity index (χ0v) is 12.5. The van der Waals surface area contributed by atoms with Gasteiger partial charge in [-0.15, -0.1) is 11.6 Å². The first-order chi connectivity index (χ1) is 10.2. The van der Waals surface area contributed by atoms with Gasteiger partial charge < -0.3 is 9.30 Å². The molecule has 0 aromatic carbocycles. The molecule has 0 atom stereocenters. The Morgan fingerprint density at radius 2 is 2.05 bits per heavy atom. The zero-order valence-electron chi connectivity index (χ0n) is 11.7. The Balaban J connectivity index is 2.08. The highest BCUT2D eigenvalue weighted by molar-refractivity contribution is 6.16. The number of imidazole rings is 1. The van der Waals surface area contributed by atoms with Crippen molar-refractivity contribution in [2.45, 2.75) is 19.3 Å². The second-order valence-electron chi connectivity index (χ2n) is 4.59. The fourth-order valence-corrected chi connectivity index (χ4v) is 2.28. The van der Waals surface area contributed by atoms with Crippen LogP contribution in [0.5, 0.6) is 5.88 Å². The lowest BCUT2D eigenvalue weighted by molar-refractivity contribution is 0.399. The third kappa shape index (κ3) is 2.67. The van der Waals surface area contributed by atoms with Crippen LogP contribution in [-0.2, 0) is 12.4 Å². The van der Waals surface area contributed by atoms with Crippen molar-refractivity contribution in [3.63, 3.8) is 0 Å². The average molecular weight is 304 g/mol. The van der Waals surface area contributed by atoms with Crippen LogP contribution >= 0.6 is 11.6 Å². The van der Waals surface area contributed by atoms with Gasteiger partial charge in [0.1, 0.15) is 11.3 Å². The summed E-state index contributed by atoms with van der Waals surface area (Å²) in [6.45, 7) is 2.42. The predicted molar refractivity (Wildman–Crippen MR) is 79.5 cm³/mol. The van der Waals surface area contributed by atoms with E-state index in [4.69, 9.17) is 16.3 Å². The lowest BCUT2D eigenvalue weighted by Gasteiger charge is -2.07. The first-order valence-electron chi connectivity index (χ1n) is 6.45. The van der Waals surface area contributed by atoms with Gasteiger partial charge in [-0.05, 0) is 13.0 Å². The topological polar surface area (TPSA) is 65.7 Å². The molecule has 108 valence electrons. The number of ether oxygens (including phenoxy) is 1. The van der Waals surface area contributed by atoms with E-state index in [-0.39, 0.29) is 0 Å². The average Bonchev–Trinajstić information content (AvgIpc) is 2.86. The van der Waals surface area contributed by atoms with Crippen LogP contribution in [0.15, 0.2) is 24.5 Å². The molecule has 3 heterocycles. The van der Waals surface area contributed by atoms with Gasteiger partial charge in [0, 0.05) is 12.3 Å². The molecule has 7 heteroatoms. The van der Waals surface area contributed by atoms with Gasteiger partial charge in [-0.25, -0.2) is 4.98 Å². The Hall–Kier alpha value is -2.21. The fourth-order valence-electron chi connectivity index (χ4n) is 2.08. The number of fused-ring (bicyclic) bond motifs is 1. The van der Waals surface area contributed by atoms with E-state index >= 15 is 0 Å². The number of methoxy groups -OCH3 is 1. The van der Waals surface area contributed by atoms with Crippen LogP contribution in [0.25, 0.3) is 11.2 Å². The quantitative estimate of drug-likeness (QED) is 0.692. The Kier molecular flexibility index (Phi) is 3.70. The minimum absolute atomic E-state index is 0.304. The maximum atomic E-state index is 5.99. The molecule has 0 spiro atoms. The van der Waals surface area contributed by atoms with Crippen molar-refractivity contribution in [1.29, 1.82) is 0 Å². The van der Waals surface area contributed by atoms with Crippen molar-refractivity contribution in [2.75, 3.05) is 7.11 Å². The van der Waals surface area contributed by atoms with Gasteiger partial charge >= 0.3 is 0 Å². The SMILES string of the molecule is COc1ccc2nc(CCl)n(Cc3cnc(C)cn3)c2n1. The molecule has 0 radical (unpaired) electrons. The number of hydrogen-bond donors (Lipinski definition) is 0. The van der Waals surface area contributed by atoms with Gasteiger partial charge in [0.05, 0.1) is 37.1 Å². The van der Waals surface area contributed by atoms with Crippen LogP contribution in [-0.4, -0.2) is 31.6 Å². The lowest BCUT2D eigenvalue weighted by Crippen LogP contribution is -2.07. The summed E-state index contributed by atoms with van der Waals surface area (Å²) < 4.78 is 7.11. The molecule has 0 saturated carbocycles. The molecule has 21 heavy (non-hydrogen) atoms. The van der Waals surface area contributed by atoms with Crippen LogP contribution in [0.1, 0.15) is 17.2 Å². The number of aryl methyl sites for hydroxylation is 1. The molecule has 0 N–H and O–H groups in total. The summed E-state index contributed by atoms with van der Waals surface area (Å²) in [6.07, 6.45) is 3.49. The van der Waals surface area contributed by atoms with E-state index in [1.165, 1.54) is 0 Å². The summed E-state index contributed by atoms with van der Waals surface area (Å²) in [5, 5.41) is 0. The number of hydrogen-bond acceptors (Lipinski definition) is 5. The number of aromatic nitrogens is 5. The van der Waals surface area contributed by atoms with Gasteiger partial charge in [0.15, 0.2) is 5.65 Å². The number of nitrogens with zero attached hydrogens (tertiary/aromatic N) is 5. The summed E-state index contributed by atoms with van der Waals surface area (Å²) >= 11 is 5.99. The summed E-state index contributed by atoms with van der Waals surface area (Å²) in [7, 11) is 1.59. The smallest absolute Gasteiger partial charge is 0.215 e. The zero-order chi connectivity index (χ0) is 14.8. The largest absolute Gasteiger partial charge is 0.481 e. The van der Waals surface area contributed by atoms with E-state index in [0.29, 0.717) is 18.3 Å². The van der Waals surface area contributed by atoms with Crippen LogP contribution in [0.3, 0.4) is 0 Å². The van der Waals surface area contributed by atoms with Gasteiger partial charge in [0.2, 0.25) is 5.88 Å². The van der Waals surface area contributed by atoms with E-state index in [9.17, 15) is 0 Å². The van der Waals surface area contributed by atoms with Gasteiger partial charge in [-0.3, -0.25) is 9.97 Å². The summed E-state index contributed by atoms with van der Waals surface area (Å²) in [4.78, 5) is 17.6. The molecule has 0 bridgehead atoms. The number of pyridine rings is 1. The standard InChI is InChI=1S/C14H14ClN5O/c1-9-6-17-10(7-16-9)8-20-12(5-15)18-11-3-4-13(21-2)19-14(11)20/h3-4,6-7H,5,8H2,1-2H3. The Morgan fingerprint density at radius 1 is 1.19 bits per heavy atom. The number of halogens is 1. The van der Waals surface area contributed by atoms with E-state index < -0.39 is 0 Å². The van der Waals surface area contributed by atoms with E-state index in [2.05, 4.69) is 19.9 Å². The van der Waals surface area contributed by atoms with Crippen LogP contribution in [0.4, 0.5) is 0 Å². The van der Waals surface area contributed by atoms with Crippen molar-refractivity contribution in [3.05, 3.63) is 41.7 Å². The number of alkyl halides is 1. The first-order valence-corrected chi connectivity index (χ1v) is 6.98. The highest BCUT2D eigenvalue weighted by atomic mass is 35.5. The molecule has 0 aliphatic carbocycles. The van der Waals surface area contributed by atoms with Crippen LogP contribution in [0.2, 0.25) is 0 Å². The monoisotopic (exact) mass is 303 g/mol. The van der Waals surface area contributed by atoms with Crippen molar-refractivity contribution in [3.8, 4) is 5.88 Å². The molecule has 0 saturated heterocycles. The normalized spacial score (nSPS) is 11.0. The molecule has 3 rings (SSSR count). The van der Waals surface area contributed by atoms with E-state index in [0.717, 1.165) is 28.4 Å². The van der Waals surface area contributed by atoms with Crippen LogP contribution in [0, 0.1) is 6.92 Å². The third-order valence-electron chi connectivity index (χ3n) is 3.13. The second-order valence-corrected chi connectivity index (χ2v) is 4.86. The highest BCUT2D eigenvalue weighted by Gasteiger charge is 2.13. The molecular formula is C14H14ClN5O. The third-order valence-corrected chi connectivity index (χ3v) is 3.37. The molecular weight excluding hydrogens is 290 g/mol. The van der Waals surface area contributed by atoms with Crippen molar-refractivity contribution in [2.24, 2.45) is 0 Å². The fraction of sp³-hybridized carbons (Fsp3) is 0.286. The van der Waals surface area contributed by atoms with Crippen molar-refractivity contribution >= 4 is 22.8 Å². The van der Waals surface area contributed by atoms with Gasteiger partial charge in [-0.2, -0.15) is 4.98 Å². The highest BCUT2D eigenvalue weighted by Crippen LogP contribution is 2.20. The van der Waals surface area contributed by atoms with E-state index in [1.54, 1.807) is 25.6 Å². The molecule has 0 fully saturated rings. The minimum atomic E-state index is 0.304. The molecule has 0 amide bonds. The van der Waals surface area contributed by atoms with E-state index in [1.807, 2.05) is 17.6 Å². The summed E-state index contributed by atoms with van der Waals surface area (Å²) in [5.41, 5.74) is 3.22. The maximum Gasteiger partial charge on any atom is 0.215 e. The van der Waals surface area contributed by atoms with Gasteiger partial charge in [-0.1, -0.05) is 0 Å². The summed E-state index contributed by atoms with van der Waals surface area (Å²) in [5.74, 6) is 1.59. The molecule has 3 aromatic rings. The molecule has 0 aliphatic rings. The lowest BCUT2D eigenvalue weighted by atomic mass is 10.4. The predicted octanol–water partition coefficient (Wildman–Crippen LogP) is 2.33. The number of rotatable bonds is 4. The first kappa shape index (κ1) is 13.8. The van der Waals surface area contributed by atoms with Crippen molar-refractivity contribution in [1.82, 2.24) is 24.5 Å². The Bertz CT molecular complexity index is 769. The minimum Gasteiger partial charge on any atom is -0.481 e.